The van der Waals surface area contributed by atoms with E-state index in [1.165, 1.54) is 11.1 Å². The normalized spacial score (nSPS) is 18.1. The number of ether oxygens (including phenoxy) is 1. The molecule has 0 unspecified atom stereocenters. The molecule has 0 bridgehead atoms. The van der Waals surface area contributed by atoms with Crippen LogP contribution in [0.5, 0.6) is 5.88 Å². The van der Waals surface area contributed by atoms with Gasteiger partial charge in [-0.15, -0.1) is 0 Å². The summed E-state index contributed by atoms with van der Waals surface area (Å²) in [6.07, 6.45) is 2.24. The number of benzene rings is 2. The van der Waals surface area contributed by atoms with Gasteiger partial charge < -0.3 is 4.74 Å². The van der Waals surface area contributed by atoms with Crippen molar-refractivity contribution in [1.82, 2.24) is 9.78 Å². The molecule has 158 valence electrons. The summed E-state index contributed by atoms with van der Waals surface area (Å²) < 4.78 is 8.36. The second-order valence-electron chi connectivity index (χ2n) is 8.92. The van der Waals surface area contributed by atoms with Gasteiger partial charge in [-0.1, -0.05) is 68.4 Å². The summed E-state index contributed by atoms with van der Waals surface area (Å²) in [6.45, 7) is 7.07. The number of nitrogens with zero attached hydrogens (tertiary/aromatic N) is 2. The van der Waals surface area contributed by atoms with Gasteiger partial charge in [0.1, 0.15) is 5.76 Å². The maximum atomic E-state index is 13.0. The van der Waals surface area contributed by atoms with E-state index in [-0.39, 0.29) is 11.7 Å². The Morgan fingerprint density at radius 2 is 1.81 bits per heavy atom. The first-order chi connectivity index (χ1) is 15.0. The Balaban J connectivity index is 1.64. The number of carbonyl (C=O) groups is 1. The predicted octanol–water partition coefficient (Wildman–Crippen LogP) is 5.89. The zero-order valence-corrected chi connectivity index (χ0v) is 18.4. The van der Waals surface area contributed by atoms with Crippen molar-refractivity contribution >= 4 is 5.78 Å². The van der Waals surface area contributed by atoms with Crippen LogP contribution in [0.15, 0.2) is 65.9 Å². The first-order valence-corrected chi connectivity index (χ1v) is 11.2. The van der Waals surface area contributed by atoms with Gasteiger partial charge in [0.25, 0.3) is 0 Å². The average molecular weight is 413 g/mol. The van der Waals surface area contributed by atoms with E-state index in [4.69, 9.17) is 9.84 Å². The summed E-state index contributed by atoms with van der Waals surface area (Å²) in [6, 6.07) is 19.0. The summed E-state index contributed by atoms with van der Waals surface area (Å²) >= 11 is 0. The van der Waals surface area contributed by atoms with Gasteiger partial charge in [-0.05, 0) is 36.0 Å². The predicted molar refractivity (Wildman–Crippen MR) is 121 cm³/mol. The number of aryl methyl sites for hydroxylation is 1. The summed E-state index contributed by atoms with van der Waals surface area (Å²) in [4.78, 5) is 13.0. The third kappa shape index (κ3) is 3.50. The molecule has 5 rings (SSSR count). The Morgan fingerprint density at radius 1 is 1.06 bits per heavy atom. The molecule has 4 nitrogen and oxygen atoms in total. The summed E-state index contributed by atoms with van der Waals surface area (Å²) in [5.74, 6) is 2.18. The minimum atomic E-state index is -0.114. The number of Topliss-reactive ketones (excluding diaryl/α,β-unsaturated/α-hetero) is 1. The number of allylic oxidation sites excluding steroid dienone is 2. The van der Waals surface area contributed by atoms with Crippen LogP contribution in [0.2, 0.25) is 0 Å². The van der Waals surface area contributed by atoms with Gasteiger partial charge in [-0.25, -0.2) is 4.68 Å². The molecule has 1 aliphatic heterocycles. The van der Waals surface area contributed by atoms with Crippen LogP contribution in [-0.4, -0.2) is 15.6 Å². The van der Waals surface area contributed by atoms with E-state index >= 15 is 0 Å². The Bertz CT molecular complexity index is 1150. The van der Waals surface area contributed by atoms with Crippen LogP contribution in [0.1, 0.15) is 72.9 Å². The number of aromatic nitrogens is 2. The molecule has 1 atom stereocenters. The zero-order chi connectivity index (χ0) is 21.5. The highest BCUT2D eigenvalue weighted by atomic mass is 16.5. The molecule has 2 heterocycles. The number of rotatable bonds is 4. The number of hydrogen-bond acceptors (Lipinski definition) is 3. The fourth-order valence-corrected chi connectivity index (χ4v) is 4.81. The van der Waals surface area contributed by atoms with E-state index in [9.17, 15) is 4.79 Å². The SMILES string of the molecule is Cc1nn(Cc2ccccc2)c2c1[C@H](c1ccc(C(C)C)cc1)C1=C(CCCC1=O)O2. The van der Waals surface area contributed by atoms with E-state index in [0.717, 1.165) is 46.9 Å². The van der Waals surface area contributed by atoms with E-state index in [0.29, 0.717) is 18.9 Å². The number of carbonyl (C=O) groups excluding carboxylic acids is 1. The Morgan fingerprint density at radius 3 is 2.52 bits per heavy atom. The van der Waals surface area contributed by atoms with Crippen LogP contribution < -0.4 is 4.74 Å². The highest BCUT2D eigenvalue weighted by Gasteiger charge is 2.40. The van der Waals surface area contributed by atoms with Crippen LogP contribution in [-0.2, 0) is 11.3 Å². The molecule has 3 aromatic rings. The molecule has 0 saturated heterocycles. The third-order valence-corrected chi connectivity index (χ3v) is 6.44. The van der Waals surface area contributed by atoms with Crippen molar-refractivity contribution in [2.24, 2.45) is 0 Å². The summed E-state index contributed by atoms with van der Waals surface area (Å²) in [5.41, 5.74) is 6.40. The van der Waals surface area contributed by atoms with Gasteiger partial charge in [0.15, 0.2) is 5.78 Å². The molecular weight excluding hydrogens is 384 g/mol. The molecular formula is C27H28N2O2. The number of fused-ring (bicyclic) bond motifs is 1. The molecule has 31 heavy (non-hydrogen) atoms. The third-order valence-electron chi connectivity index (χ3n) is 6.44. The van der Waals surface area contributed by atoms with Crippen LogP contribution in [0.4, 0.5) is 0 Å². The van der Waals surface area contributed by atoms with Crippen molar-refractivity contribution < 1.29 is 9.53 Å². The van der Waals surface area contributed by atoms with E-state index in [1.54, 1.807) is 0 Å². The van der Waals surface area contributed by atoms with Gasteiger partial charge in [-0.2, -0.15) is 5.10 Å². The lowest BCUT2D eigenvalue weighted by atomic mass is 9.77. The summed E-state index contributed by atoms with van der Waals surface area (Å²) in [7, 11) is 0. The highest BCUT2D eigenvalue weighted by Crippen LogP contribution is 2.48. The quantitative estimate of drug-likeness (QED) is 0.536. The molecule has 0 spiro atoms. The standard InChI is InChI=1S/C27H28N2O2/c1-17(2)20-12-14-21(15-13-20)25-24-18(3)28-29(16-19-8-5-4-6-9-19)27(24)31-23-11-7-10-22(30)26(23)25/h4-6,8-9,12-15,17,25H,7,10-11,16H2,1-3H3/t25-/m0/s1. The van der Waals surface area contributed by atoms with Crippen molar-refractivity contribution in [2.45, 2.75) is 58.4 Å². The van der Waals surface area contributed by atoms with Crippen molar-refractivity contribution in [3.63, 3.8) is 0 Å². The largest absolute Gasteiger partial charge is 0.443 e. The minimum absolute atomic E-state index is 0.114. The maximum absolute atomic E-state index is 13.0. The molecule has 2 aliphatic rings. The molecule has 0 saturated carbocycles. The first kappa shape index (κ1) is 19.8. The summed E-state index contributed by atoms with van der Waals surface area (Å²) in [5, 5.41) is 4.85. The highest BCUT2D eigenvalue weighted by molar-refractivity contribution is 5.99. The van der Waals surface area contributed by atoms with Crippen molar-refractivity contribution in [3.8, 4) is 5.88 Å². The van der Waals surface area contributed by atoms with E-state index < -0.39 is 0 Å². The molecule has 0 N–H and O–H groups in total. The zero-order valence-electron chi connectivity index (χ0n) is 18.4. The van der Waals surface area contributed by atoms with E-state index in [1.807, 2.05) is 29.8 Å². The smallest absolute Gasteiger partial charge is 0.222 e. The molecule has 0 fully saturated rings. The monoisotopic (exact) mass is 412 g/mol. The Kier molecular flexibility index (Phi) is 5.01. The number of ketones is 1. The van der Waals surface area contributed by atoms with Crippen LogP contribution in [0.25, 0.3) is 0 Å². The topological polar surface area (TPSA) is 44.1 Å². The molecule has 1 aliphatic carbocycles. The van der Waals surface area contributed by atoms with Gasteiger partial charge in [0.05, 0.1) is 12.2 Å². The number of hydrogen-bond donors (Lipinski definition) is 0. The molecule has 1 aromatic heterocycles. The van der Waals surface area contributed by atoms with Gasteiger partial charge in [-0.3, -0.25) is 4.79 Å². The minimum Gasteiger partial charge on any atom is -0.443 e. The average Bonchev–Trinajstić information content (AvgIpc) is 3.08. The van der Waals surface area contributed by atoms with Crippen molar-refractivity contribution in [3.05, 3.63) is 93.9 Å². The van der Waals surface area contributed by atoms with Crippen molar-refractivity contribution in [2.75, 3.05) is 0 Å². The van der Waals surface area contributed by atoms with E-state index in [2.05, 4.69) is 50.2 Å². The lowest BCUT2D eigenvalue weighted by Gasteiger charge is -2.31. The first-order valence-electron chi connectivity index (χ1n) is 11.2. The molecule has 4 heteroatoms. The Hall–Kier alpha value is -3.14. The van der Waals surface area contributed by atoms with Crippen LogP contribution >= 0.6 is 0 Å². The second-order valence-corrected chi connectivity index (χ2v) is 8.92. The Labute approximate surface area is 183 Å². The van der Waals surface area contributed by atoms with Gasteiger partial charge >= 0.3 is 0 Å². The lowest BCUT2D eigenvalue weighted by molar-refractivity contribution is -0.116. The van der Waals surface area contributed by atoms with Gasteiger partial charge in [0.2, 0.25) is 5.88 Å². The fraction of sp³-hybridized carbons (Fsp3) is 0.333. The lowest BCUT2D eigenvalue weighted by Crippen LogP contribution is -2.26. The molecule has 0 amide bonds. The maximum Gasteiger partial charge on any atom is 0.222 e. The van der Waals surface area contributed by atoms with Crippen molar-refractivity contribution in [1.29, 1.82) is 0 Å². The fourth-order valence-electron chi connectivity index (χ4n) is 4.81. The second kappa shape index (κ2) is 7.84. The van der Waals surface area contributed by atoms with Gasteiger partial charge in [0, 0.05) is 29.9 Å². The molecule has 2 aromatic carbocycles. The van der Waals surface area contributed by atoms with Crippen LogP contribution in [0, 0.1) is 6.92 Å². The molecule has 0 radical (unpaired) electrons. The van der Waals surface area contributed by atoms with Crippen LogP contribution in [0.3, 0.4) is 0 Å².